The first-order chi connectivity index (χ1) is 7.78. The van der Waals surface area contributed by atoms with E-state index in [1.165, 1.54) is 38.5 Å². The zero-order chi connectivity index (χ0) is 11.7. The lowest BCUT2D eigenvalue weighted by Crippen LogP contribution is -2.29. The van der Waals surface area contributed by atoms with Crippen LogP contribution in [0.4, 0.5) is 0 Å². The molecule has 0 N–H and O–H groups in total. The van der Waals surface area contributed by atoms with Crippen molar-refractivity contribution in [1.82, 2.24) is 0 Å². The highest BCUT2D eigenvalue weighted by Gasteiger charge is 2.37. The van der Waals surface area contributed by atoms with Crippen LogP contribution in [0.15, 0.2) is 22.3 Å². The summed E-state index contributed by atoms with van der Waals surface area (Å²) in [6.45, 7) is 9.41. The second-order valence-corrected chi connectivity index (χ2v) is 5.20. The number of hydrogen-bond donors (Lipinski definition) is 0. The van der Waals surface area contributed by atoms with Crippen molar-refractivity contribution in [3.63, 3.8) is 0 Å². The number of allylic oxidation sites excluding steroid dienone is 4. The van der Waals surface area contributed by atoms with Crippen LogP contribution >= 0.6 is 0 Å². The molecule has 3 rings (SSSR count). The van der Waals surface area contributed by atoms with Gasteiger partial charge in [-0.3, -0.25) is 0 Å². The van der Waals surface area contributed by atoms with Gasteiger partial charge in [-0.05, 0) is 38.5 Å². The van der Waals surface area contributed by atoms with Crippen LogP contribution in [0.5, 0.6) is 0 Å². The Morgan fingerprint density at radius 2 is 0.875 bits per heavy atom. The Bertz CT molecular complexity index is 268. The molecule has 2 bridgehead atoms. The molecule has 0 unspecified atom stereocenters. The van der Waals surface area contributed by atoms with E-state index in [4.69, 9.17) is 0 Å². The number of rotatable bonds is 4. The first kappa shape index (κ1) is 12.0. The van der Waals surface area contributed by atoms with Gasteiger partial charge in [0, 0.05) is 11.8 Å². The second-order valence-electron chi connectivity index (χ2n) is 5.20. The van der Waals surface area contributed by atoms with Gasteiger partial charge in [0.1, 0.15) is 0 Å². The molecule has 0 fully saturated rings. The Kier molecular flexibility index (Phi) is 3.56. The van der Waals surface area contributed by atoms with Gasteiger partial charge < -0.3 is 0 Å². The highest BCUT2D eigenvalue weighted by atomic mass is 14.4. The van der Waals surface area contributed by atoms with E-state index in [9.17, 15) is 0 Å². The van der Waals surface area contributed by atoms with Crippen molar-refractivity contribution in [2.24, 2.45) is 11.8 Å². The Balaban J connectivity index is 2.45. The molecule has 0 saturated carbocycles. The molecule has 0 aromatic carbocycles. The summed E-state index contributed by atoms with van der Waals surface area (Å²) in [6.07, 6.45) is 8.00. The lowest BCUT2D eigenvalue weighted by Gasteiger charge is -2.44. The molecule has 90 valence electrons. The van der Waals surface area contributed by atoms with Gasteiger partial charge >= 0.3 is 0 Å². The zero-order valence-corrected chi connectivity index (χ0v) is 11.4. The summed E-state index contributed by atoms with van der Waals surface area (Å²) in [7, 11) is 0. The van der Waals surface area contributed by atoms with E-state index in [0.29, 0.717) is 0 Å². The van der Waals surface area contributed by atoms with Crippen molar-refractivity contribution in [2.75, 3.05) is 0 Å². The maximum atomic E-state index is 2.35. The molecular weight excluding hydrogens is 192 g/mol. The molecular formula is C16H26. The van der Waals surface area contributed by atoms with Gasteiger partial charge in [-0.25, -0.2) is 0 Å². The summed E-state index contributed by atoms with van der Waals surface area (Å²) in [5, 5.41) is 0. The first-order valence-corrected chi connectivity index (χ1v) is 7.21. The molecule has 16 heavy (non-hydrogen) atoms. The first-order valence-electron chi connectivity index (χ1n) is 7.21. The van der Waals surface area contributed by atoms with Crippen LogP contribution in [-0.4, -0.2) is 0 Å². The largest absolute Gasteiger partial charge is 0.0635 e. The summed E-state index contributed by atoms with van der Waals surface area (Å²) in [5.74, 6) is 1.68. The summed E-state index contributed by atoms with van der Waals surface area (Å²) >= 11 is 0. The molecule has 0 saturated heterocycles. The van der Waals surface area contributed by atoms with Crippen molar-refractivity contribution in [3.05, 3.63) is 22.3 Å². The van der Waals surface area contributed by atoms with Gasteiger partial charge in [-0.2, -0.15) is 0 Å². The van der Waals surface area contributed by atoms with Crippen molar-refractivity contribution < 1.29 is 0 Å². The average molecular weight is 218 g/mol. The van der Waals surface area contributed by atoms with E-state index in [2.05, 4.69) is 27.7 Å². The third-order valence-electron chi connectivity index (χ3n) is 4.78. The lowest BCUT2D eigenvalue weighted by molar-refractivity contribution is 0.405. The predicted molar refractivity (Wildman–Crippen MR) is 71.4 cm³/mol. The topological polar surface area (TPSA) is 0 Å². The SMILES string of the molecule is CCC1=C(CC)C2CCC1C(CC)=C2CC. The van der Waals surface area contributed by atoms with E-state index in [1.807, 2.05) is 22.3 Å². The van der Waals surface area contributed by atoms with Gasteiger partial charge in [0.05, 0.1) is 0 Å². The fraction of sp³-hybridized carbons (Fsp3) is 0.750. The Morgan fingerprint density at radius 3 is 1.06 bits per heavy atom. The molecule has 0 atom stereocenters. The molecule has 3 aliphatic carbocycles. The van der Waals surface area contributed by atoms with Gasteiger partial charge in [0.2, 0.25) is 0 Å². The summed E-state index contributed by atoms with van der Waals surface area (Å²) in [4.78, 5) is 0. The molecule has 3 aliphatic rings. The molecule has 0 spiro atoms. The normalized spacial score (nSPS) is 29.2. The minimum atomic E-state index is 0.838. The average Bonchev–Trinajstić information content (AvgIpc) is 2.36. The van der Waals surface area contributed by atoms with Gasteiger partial charge in [0.15, 0.2) is 0 Å². The van der Waals surface area contributed by atoms with E-state index in [-0.39, 0.29) is 0 Å². The molecule has 0 aromatic rings. The van der Waals surface area contributed by atoms with Crippen LogP contribution in [0.3, 0.4) is 0 Å². The Hall–Kier alpha value is -0.520. The van der Waals surface area contributed by atoms with Crippen LogP contribution in [0, 0.1) is 11.8 Å². The molecule has 0 heterocycles. The van der Waals surface area contributed by atoms with E-state index in [1.54, 1.807) is 0 Å². The fourth-order valence-electron chi connectivity index (χ4n) is 4.24. The molecule has 0 radical (unpaired) electrons. The molecule has 0 heteroatoms. The van der Waals surface area contributed by atoms with E-state index < -0.39 is 0 Å². The number of fused-ring (bicyclic) bond motifs is 1. The van der Waals surface area contributed by atoms with Crippen molar-refractivity contribution in [1.29, 1.82) is 0 Å². The third-order valence-corrected chi connectivity index (χ3v) is 4.78. The highest BCUT2D eigenvalue weighted by Crippen LogP contribution is 2.52. The van der Waals surface area contributed by atoms with Gasteiger partial charge in [-0.15, -0.1) is 0 Å². The quantitative estimate of drug-likeness (QED) is 0.565. The number of hydrogen-bond acceptors (Lipinski definition) is 0. The van der Waals surface area contributed by atoms with Crippen LogP contribution in [-0.2, 0) is 0 Å². The van der Waals surface area contributed by atoms with Crippen LogP contribution in [0.25, 0.3) is 0 Å². The molecule has 0 aliphatic heterocycles. The maximum Gasteiger partial charge on any atom is 0.00128 e. The van der Waals surface area contributed by atoms with E-state index in [0.717, 1.165) is 11.8 Å². The van der Waals surface area contributed by atoms with Crippen LogP contribution < -0.4 is 0 Å². The second kappa shape index (κ2) is 4.77. The smallest absolute Gasteiger partial charge is 0.00128 e. The fourth-order valence-corrected chi connectivity index (χ4v) is 4.24. The molecule has 0 nitrogen and oxygen atoms in total. The van der Waals surface area contributed by atoms with Crippen LogP contribution in [0.2, 0.25) is 0 Å². The minimum absolute atomic E-state index is 0.838. The monoisotopic (exact) mass is 218 g/mol. The minimum Gasteiger partial charge on any atom is -0.0635 e. The standard InChI is InChI=1S/C16H26/c1-5-11-12(6-2)16-10-9-15(11)13(7-3)14(16)8-4/h15-16H,5-10H2,1-4H3. The lowest BCUT2D eigenvalue weighted by atomic mass is 9.61. The van der Waals surface area contributed by atoms with E-state index >= 15 is 0 Å². The van der Waals surface area contributed by atoms with Gasteiger partial charge in [0.25, 0.3) is 0 Å². The summed E-state index contributed by atoms with van der Waals surface area (Å²) < 4.78 is 0. The third kappa shape index (κ3) is 1.58. The maximum absolute atomic E-state index is 2.35. The zero-order valence-electron chi connectivity index (χ0n) is 11.4. The summed E-state index contributed by atoms with van der Waals surface area (Å²) in [5.41, 5.74) is 7.25. The van der Waals surface area contributed by atoms with Crippen molar-refractivity contribution in [2.45, 2.75) is 66.2 Å². The van der Waals surface area contributed by atoms with Crippen molar-refractivity contribution in [3.8, 4) is 0 Å². The summed E-state index contributed by atoms with van der Waals surface area (Å²) in [6, 6.07) is 0. The van der Waals surface area contributed by atoms with Crippen molar-refractivity contribution >= 4 is 0 Å². The van der Waals surface area contributed by atoms with Crippen LogP contribution in [0.1, 0.15) is 66.2 Å². The Labute approximate surface area is 101 Å². The molecule has 0 amide bonds. The van der Waals surface area contributed by atoms with Gasteiger partial charge in [-0.1, -0.05) is 50.0 Å². The molecule has 0 aromatic heterocycles. The highest BCUT2D eigenvalue weighted by molar-refractivity contribution is 5.43. The predicted octanol–water partition coefficient (Wildman–Crippen LogP) is 5.26. The Morgan fingerprint density at radius 1 is 0.625 bits per heavy atom.